The topological polar surface area (TPSA) is 56.8 Å². The van der Waals surface area contributed by atoms with Gasteiger partial charge in [-0.2, -0.15) is 0 Å². The van der Waals surface area contributed by atoms with E-state index in [0.717, 1.165) is 19.6 Å². The molecule has 18 heavy (non-hydrogen) atoms. The number of ether oxygens (including phenoxy) is 1. The Bertz CT molecular complexity index is 250. The third kappa shape index (κ3) is 5.77. The van der Waals surface area contributed by atoms with Gasteiger partial charge in [0, 0.05) is 45.9 Å². The smallest absolute Gasteiger partial charge is 0.234 e. The van der Waals surface area contributed by atoms with Gasteiger partial charge in [0.25, 0.3) is 0 Å². The molecule has 1 amide bonds. The largest absolute Gasteiger partial charge is 0.383 e. The van der Waals surface area contributed by atoms with Crippen LogP contribution >= 0.6 is 0 Å². The number of nitrogens with one attached hydrogen (secondary N) is 2. The van der Waals surface area contributed by atoms with Crippen molar-refractivity contribution in [3.63, 3.8) is 0 Å². The number of methoxy groups -OCH3 is 1. The standard InChI is InChI=1S/C12H26N4O2/c1-15-5-6-16(2)11(10-15)8-14-12(17)9-13-4-7-18-3/h11,13H,4-10H2,1-3H3,(H,14,17). The fraction of sp³-hybridized carbons (Fsp3) is 0.917. The normalized spacial score (nSPS) is 22.1. The summed E-state index contributed by atoms with van der Waals surface area (Å²) < 4.78 is 4.90. The van der Waals surface area contributed by atoms with Crippen LogP contribution < -0.4 is 10.6 Å². The first kappa shape index (κ1) is 15.4. The van der Waals surface area contributed by atoms with Gasteiger partial charge in [0.1, 0.15) is 0 Å². The first-order valence-electron chi connectivity index (χ1n) is 6.48. The molecule has 6 nitrogen and oxygen atoms in total. The maximum Gasteiger partial charge on any atom is 0.234 e. The number of carbonyl (C=O) groups is 1. The third-order valence-corrected chi connectivity index (χ3v) is 3.28. The van der Waals surface area contributed by atoms with Crippen molar-refractivity contribution in [3.05, 3.63) is 0 Å². The number of carbonyl (C=O) groups excluding carboxylic acids is 1. The highest BCUT2D eigenvalue weighted by Crippen LogP contribution is 2.04. The van der Waals surface area contributed by atoms with Crippen LogP contribution in [0.5, 0.6) is 0 Å². The number of likely N-dealkylation sites (N-methyl/N-ethyl adjacent to an activating group) is 2. The Morgan fingerprint density at radius 1 is 1.39 bits per heavy atom. The second-order valence-electron chi connectivity index (χ2n) is 4.87. The van der Waals surface area contributed by atoms with E-state index in [9.17, 15) is 4.79 Å². The Morgan fingerprint density at radius 2 is 2.17 bits per heavy atom. The Kier molecular flexibility index (Phi) is 7.19. The van der Waals surface area contributed by atoms with E-state index in [1.807, 2.05) is 0 Å². The average Bonchev–Trinajstić information content (AvgIpc) is 2.36. The highest BCUT2D eigenvalue weighted by atomic mass is 16.5. The molecule has 0 spiro atoms. The molecular formula is C12H26N4O2. The number of rotatable bonds is 7. The summed E-state index contributed by atoms with van der Waals surface area (Å²) in [5.74, 6) is 0.0488. The lowest BCUT2D eigenvalue weighted by atomic mass is 10.2. The molecule has 0 saturated carbocycles. The molecule has 0 aromatic carbocycles. The number of hydrogen-bond donors (Lipinski definition) is 2. The SMILES string of the molecule is COCCNCC(=O)NCC1CN(C)CCN1C. The van der Waals surface area contributed by atoms with E-state index in [4.69, 9.17) is 4.74 Å². The highest BCUT2D eigenvalue weighted by molar-refractivity contribution is 5.78. The Hall–Kier alpha value is -0.690. The zero-order chi connectivity index (χ0) is 13.4. The van der Waals surface area contributed by atoms with Crippen molar-refractivity contribution < 1.29 is 9.53 Å². The van der Waals surface area contributed by atoms with Gasteiger partial charge in [-0.05, 0) is 14.1 Å². The number of nitrogens with zero attached hydrogens (tertiary/aromatic N) is 2. The number of hydrogen-bond acceptors (Lipinski definition) is 5. The molecule has 1 heterocycles. The van der Waals surface area contributed by atoms with E-state index >= 15 is 0 Å². The Morgan fingerprint density at radius 3 is 2.89 bits per heavy atom. The van der Waals surface area contributed by atoms with Gasteiger partial charge in [-0.15, -0.1) is 0 Å². The van der Waals surface area contributed by atoms with E-state index in [1.165, 1.54) is 0 Å². The summed E-state index contributed by atoms with van der Waals surface area (Å²) in [6, 6.07) is 0.409. The lowest BCUT2D eigenvalue weighted by molar-refractivity contribution is -0.120. The number of piperazine rings is 1. The van der Waals surface area contributed by atoms with Crippen molar-refractivity contribution in [2.24, 2.45) is 0 Å². The molecule has 2 N–H and O–H groups in total. The minimum absolute atomic E-state index is 0.0488. The molecular weight excluding hydrogens is 232 g/mol. The minimum atomic E-state index is 0.0488. The second kappa shape index (κ2) is 8.42. The lowest BCUT2D eigenvalue weighted by Crippen LogP contribution is -2.54. The second-order valence-corrected chi connectivity index (χ2v) is 4.87. The van der Waals surface area contributed by atoms with Crippen molar-refractivity contribution in [2.45, 2.75) is 6.04 Å². The van der Waals surface area contributed by atoms with Gasteiger partial charge < -0.3 is 20.3 Å². The van der Waals surface area contributed by atoms with Crippen LogP contribution in [-0.4, -0.2) is 88.8 Å². The van der Waals surface area contributed by atoms with Crippen LogP contribution in [-0.2, 0) is 9.53 Å². The van der Waals surface area contributed by atoms with E-state index in [0.29, 0.717) is 32.3 Å². The van der Waals surface area contributed by atoms with E-state index < -0.39 is 0 Å². The predicted octanol–water partition coefficient (Wildman–Crippen LogP) is -1.42. The van der Waals surface area contributed by atoms with Crippen molar-refractivity contribution in [2.75, 3.05) is 67.1 Å². The fourth-order valence-electron chi connectivity index (χ4n) is 1.99. The van der Waals surface area contributed by atoms with Gasteiger partial charge in [0.05, 0.1) is 13.2 Å². The lowest BCUT2D eigenvalue weighted by Gasteiger charge is -2.37. The number of amides is 1. The van der Waals surface area contributed by atoms with E-state index in [2.05, 4.69) is 34.5 Å². The zero-order valence-corrected chi connectivity index (χ0v) is 11.7. The maximum absolute atomic E-state index is 11.6. The van der Waals surface area contributed by atoms with Gasteiger partial charge in [-0.25, -0.2) is 0 Å². The molecule has 1 saturated heterocycles. The van der Waals surface area contributed by atoms with Crippen molar-refractivity contribution in [3.8, 4) is 0 Å². The van der Waals surface area contributed by atoms with Crippen LogP contribution in [0.25, 0.3) is 0 Å². The van der Waals surface area contributed by atoms with Crippen LogP contribution in [0.2, 0.25) is 0 Å². The highest BCUT2D eigenvalue weighted by Gasteiger charge is 2.22. The molecule has 0 bridgehead atoms. The summed E-state index contributed by atoms with van der Waals surface area (Å²) in [6.45, 7) is 5.57. The van der Waals surface area contributed by atoms with E-state index in [1.54, 1.807) is 7.11 Å². The molecule has 0 aromatic heterocycles. The third-order valence-electron chi connectivity index (χ3n) is 3.28. The molecule has 106 valence electrons. The van der Waals surface area contributed by atoms with Crippen molar-refractivity contribution in [1.29, 1.82) is 0 Å². The van der Waals surface area contributed by atoms with Gasteiger partial charge in [-0.1, -0.05) is 0 Å². The van der Waals surface area contributed by atoms with Gasteiger partial charge >= 0.3 is 0 Å². The van der Waals surface area contributed by atoms with Crippen LogP contribution in [0.15, 0.2) is 0 Å². The fourth-order valence-corrected chi connectivity index (χ4v) is 1.99. The van der Waals surface area contributed by atoms with Crippen LogP contribution in [0, 0.1) is 0 Å². The van der Waals surface area contributed by atoms with Crippen LogP contribution in [0.4, 0.5) is 0 Å². The molecule has 1 aliphatic heterocycles. The summed E-state index contributed by atoms with van der Waals surface area (Å²) in [6.07, 6.45) is 0. The van der Waals surface area contributed by atoms with Gasteiger partial charge in [-0.3, -0.25) is 9.69 Å². The van der Waals surface area contributed by atoms with Gasteiger partial charge in [0.15, 0.2) is 0 Å². The molecule has 0 aromatic rings. The van der Waals surface area contributed by atoms with Crippen molar-refractivity contribution >= 4 is 5.91 Å². The monoisotopic (exact) mass is 258 g/mol. The molecule has 1 rings (SSSR count). The van der Waals surface area contributed by atoms with Crippen LogP contribution in [0.3, 0.4) is 0 Å². The molecule has 1 atom stereocenters. The molecule has 1 unspecified atom stereocenters. The Labute approximate surface area is 110 Å². The molecule has 6 heteroatoms. The maximum atomic E-state index is 11.6. The van der Waals surface area contributed by atoms with Crippen LogP contribution in [0.1, 0.15) is 0 Å². The molecule has 1 aliphatic rings. The molecule has 0 radical (unpaired) electrons. The summed E-state index contributed by atoms with van der Waals surface area (Å²) >= 11 is 0. The summed E-state index contributed by atoms with van der Waals surface area (Å²) in [7, 11) is 5.88. The first-order chi connectivity index (χ1) is 8.63. The minimum Gasteiger partial charge on any atom is -0.383 e. The molecule has 1 fully saturated rings. The summed E-state index contributed by atoms with van der Waals surface area (Å²) in [5.41, 5.74) is 0. The average molecular weight is 258 g/mol. The van der Waals surface area contributed by atoms with Crippen molar-refractivity contribution in [1.82, 2.24) is 20.4 Å². The summed E-state index contributed by atoms with van der Waals surface area (Å²) in [4.78, 5) is 16.2. The summed E-state index contributed by atoms with van der Waals surface area (Å²) in [5, 5.41) is 6.00. The molecule has 0 aliphatic carbocycles. The Balaban J connectivity index is 2.13. The zero-order valence-electron chi connectivity index (χ0n) is 11.7. The van der Waals surface area contributed by atoms with Gasteiger partial charge in [0.2, 0.25) is 5.91 Å². The first-order valence-corrected chi connectivity index (χ1v) is 6.48. The predicted molar refractivity (Wildman–Crippen MR) is 71.7 cm³/mol. The van der Waals surface area contributed by atoms with E-state index in [-0.39, 0.29) is 5.91 Å². The quantitative estimate of drug-likeness (QED) is 0.549.